The summed E-state index contributed by atoms with van der Waals surface area (Å²) < 4.78 is 10.2. The van der Waals surface area contributed by atoms with Crippen molar-refractivity contribution in [1.29, 1.82) is 0 Å². The van der Waals surface area contributed by atoms with E-state index in [-0.39, 0.29) is 19.8 Å². The predicted octanol–water partition coefficient (Wildman–Crippen LogP) is -0.452. The van der Waals surface area contributed by atoms with Gasteiger partial charge in [-0.3, -0.25) is 4.79 Å². The summed E-state index contributed by atoms with van der Waals surface area (Å²) in [7, 11) is 0. The zero-order chi connectivity index (χ0) is 13.1. The number of carbonyl (C=O) groups excluding carboxylic acids is 2. The second-order valence-electron chi connectivity index (χ2n) is 4.59. The van der Waals surface area contributed by atoms with E-state index in [1.807, 2.05) is 0 Å². The minimum atomic E-state index is -0.859. The quantitative estimate of drug-likeness (QED) is 0.526. The van der Waals surface area contributed by atoms with Crippen molar-refractivity contribution < 1.29 is 24.2 Å². The lowest BCUT2D eigenvalue weighted by Crippen LogP contribution is -2.57. The highest BCUT2D eigenvalue weighted by Gasteiger charge is 2.37. The van der Waals surface area contributed by atoms with E-state index in [9.17, 15) is 9.59 Å². The first-order valence-electron chi connectivity index (χ1n) is 5.64. The molecule has 1 aliphatic heterocycles. The van der Waals surface area contributed by atoms with E-state index < -0.39 is 23.6 Å². The fourth-order valence-corrected chi connectivity index (χ4v) is 1.87. The minimum absolute atomic E-state index is 0.168. The number of morpholine rings is 1. The van der Waals surface area contributed by atoms with Gasteiger partial charge in [-0.05, 0) is 20.8 Å². The molecule has 1 saturated heterocycles. The molecule has 1 N–H and O–H groups in total. The number of amides is 1. The van der Waals surface area contributed by atoms with Gasteiger partial charge in [-0.25, -0.2) is 4.79 Å². The minimum Gasteiger partial charge on any atom is -0.459 e. The van der Waals surface area contributed by atoms with E-state index in [0.717, 1.165) is 0 Å². The number of esters is 1. The molecule has 0 aromatic carbocycles. The maximum absolute atomic E-state index is 11.8. The Morgan fingerprint density at radius 3 is 2.71 bits per heavy atom. The maximum Gasteiger partial charge on any atom is 0.397 e. The number of nitrogens with zero attached hydrogens (tertiary/aromatic N) is 1. The van der Waals surface area contributed by atoms with Crippen LogP contribution in [0.4, 0.5) is 0 Å². The van der Waals surface area contributed by atoms with Crippen molar-refractivity contribution in [1.82, 2.24) is 4.90 Å². The van der Waals surface area contributed by atoms with Crippen LogP contribution in [0.25, 0.3) is 0 Å². The molecule has 1 unspecified atom stereocenters. The van der Waals surface area contributed by atoms with Gasteiger partial charge in [0.25, 0.3) is 0 Å². The first-order valence-corrected chi connectivity index (χ1v) is 5.64. The van der Waals surface area contributed by atoms with Crippen LogP contribution in [0.1, 0.15) is 20.8 Å². The molecule has 0 bridgehead atoms. The molecule has 1 heterocycles. The van der Waals surface area contributed by atoms with E-state index in [2.05, 4.69) is 4.74 Å². The smallest absolute Gasteiger partial charge is 0.397 e. The van der Waals surface area contributed by atoms with E-state index in [1.165, 1.54) is 4.90 Å². The lowest BCUT2D eigenvalue weighted by Gasteiger charge is -2.41. The van der Waals surface area contributed by atoms with Crippen molar-refractivity contribution in [3.8, 4) is 0 Å². The van der Waals surface area contributed by atoms with Gasteiger partial charge in [0.15, 0.2) is 0 Å². The lowest BCUT2D eigenvalue weighted by atomic mass is 10.1. The zero-order valence-corrected chi connectivity index (χ0v) is 10.4. The molecule has 98 valence electrons. The van der Waals surface area contributed by atoms with Crippen molar-refractivity contribution in [3.63, 3.8) is 0 Å². The molecule has 17 heavy (non-hydrogen) atoms. The highest BCUT2D eigenvalue weighted by atomic mass is 16.5. The van der Waals surface area contributed by atoms with Gasteiger partial charge in [0, 0.05) is 13.1 Å². The number of hydrogen-bond acceptors (Lipinski definition) is 5. The van der Waals surface area contributed by atoms with E-state index in [4.69, 9.17) is 9.84 Å². The average molecular weight is 245 g/mol. The second-order valence-corrected chi connectivity index (χ2v) is 4.59. The largest absolute Gasteiger partial charge is 0.459 e. The lowest BCUT2D eigenvalue weighted by molar-refractivity contribution is -0.177. The standard InChI is InChI=1S/C11H19NO5/c1-4-16-10(15)9(14)12-5-8(6-13)17-11(2,3)7-12/h8,13H,4-7H2,1-3H3. The van der Waals surface area contributed by atoms with Gasteiger partial charge in [0.05, 0.1) is 24.9 Å². The van der Waals surface area contributed by atoms with E-state index >= 15 is 0 Å². The van der Waals surface area contributed by atoms with Crippen molar-refractivity contribution >= 4 is 11.9 Å². The summed E-state index contributed by atoms with van der Waals surface area (Å²) in [6.45, 7) is 5.75. The fraction of sp³-hybridized carbons (Fsp3) is 0.818. The summed E-state index contributed by atoms with van der Waals surface area (Å²) in [5.41, 5.74) is -0.576. The first kappa shape index (κ1) is 13.9. The molecule has 6 nitrogen and oxygen atoms in total. The Hall–Kier alpha value is -1.14. The third-order valence-corrected chi connectivity index (χ3v) is 2.42. The normalized spacial score (nSPS) is 23.3. The van der Waals surface area contributed by atoms with Crippen LogP contribution in [0.5, 0.6) is 0 Å². The molecule has 6 heteroatoms. The summed E-state index contributed by atoms with van der Waals surface area (Å²) in [6, 6.07) is 0. The van der Waals surface area contributed by atoms with Crippen LogP contribution >= 0.6 is 0 Å². The number of ether oxygens (including phenoxy) is 2. The Labute approximate surface area is 100 Å². The number of rotatable bonds is 2. The van der Waals surface area contributed by atoms with Crippen LogP contribution in [0.15, 0.2) is 0 Å². The molecule has 1 rings (SSSR count). The molecule has 0 aliphatic carbocycles. The van der Waals surface area contributed by atoms with Gasteiger partial charge in [0.2, 0.25) is 0 Å². The van der Waals surface area contributed by atoms with Crippen LogP contribution in [0, 0.1) is 0 Å². The topological polar surface area (TPSA) is 76.1 Å². The summed E-state index contributed by atoms with van der Waals surface area (Å²) in [5.74, 6) is -1.54. The third kappa shape index (κ3) is 3.67. The molecular formula is C11H19NO5. The zero-order valence-electron chi connectivity index (χ0n) is 10.4. The Bertz CT molecular complexity index is 302. The molecule has 0 spiro atoms. The Morgan fingerprint density at radius 2 is 2.18 bits per heavy atom. The van der Waals surface area contributed by atoms with Crippen molar-refractivity contribution in [2.24, 2.45) is 0 Å². The highest BCUT2D eigenvalue weighted by molar-refractivity contribution is 6.32. The van der Waals surface area contributed by atoms with Crippen molar-refractivity contribution in [3.05, 3.63) is 0 Å². The second kappa shape index (κ2) is 5.46. The van der Waals surface area contributed by atoms with Crippen LogP contribution in [-0.4, -0.2) is 59.9 Å². The SMILES string of the molecule is CCOC(=O)C(=O)N1CC(CO)OC(C)(C)C1. The van der Waals surface area contributed by atoms with Crippen LogP contribution < -0.4 is 0 Å². The van der Waals surface area contributed by atoms with Gasteiger partial charge in [-0.15, -0.1) is 0 Å². The molecule has 0 saturated carbocycles. The molecule has 0 aromatic heterocycles. The van der Waals surface area contributed by atoms with Crippen molar-refractivity contribution in [2.75, 3.05) is 26.3 Å². The summed E-state index contributed by atoms with van der Waals surface area (Å²) in [4.78, 5) is 24.4. The van der Waals surface area contributed by atoms with Crippen molar-refractivity contribution in [2.45, 2.75) is 32.5 Å². The fourth-order valence-electron chi connectivity index (χ4n) is 1.87. The molecule has 1 atom stereocenters. The predicted molar refractivity (Wildman–Crippen MR) is 59.3 cm³/mol. The number of aliphatic hydroxyl groups is 1. The van der Waals surface area contributed by atoms with Gasteiger partial charge >= 0.3 is 11.9 Å². The summed E-state index contributed by atoms with van der Waals surface area (Å²) >= 11 is 0. The van der Waals surface area contributed by atoms with Crippen LogP contribution in [-0.2, 0) is 19.1 Å². The van der Waals surface area contributed by atoms with Crippen LogP contribution in [0.3, 0.4) is 0 Å². The molecule has 0 radical (unpaired) electrons. The molecule has 0 aromatic rings. The Balaban J connectivity index is 2.69. The number of aliphatic hydroxyl groups excluding tert-OH is 1. The average Bonchev–Trinajstić information content (AvgIpc) is 2.26. The van der Waals surface area contributed by atoms with Gasteiger partial charge < -0.3 is 19.5 Å². The molecule has 1 aliphatic rings. The van der Waals surface area contributed by atoms with Gasteiger partial charge in [0.1, 0.15) is 0 Å². The Kier molecular flexibility index (Phi) is 4.47. The number of carbonyl (C=O) groups is 2. The summed E-state index contributed by atoms with van der Waals surface area (Å²) in [5, 5.41) is 9.09. The Morgan fingerprint density at radius 1 is 1.53 bits per heavy atom. The monoisotopic (exact) mass is 245 g/mol. The van der Waals surface area contributed by atoms with Crippen LogP contribution in [0.2, 0.25) is 0 Å². The molecule has 1 fully saturated rings. The van der Waals surface area contributed by atoms with Gasteiger partial charge in [-0.1, -0.05) is 0 Å². The number of hydrogen-bond donors (Lipinski definition) is 1. The first-order chi connectivity index (χ1) is 7.89. The molecular weight excluding hydrogens is 226 g/mol. The summed E-state index contributed by atoms with van der Waals surface area (Å²) in [6.07, 6.45) is -0.461. The van der Waals surface area contributed by atoms with Gasteiger partial charge in [-0.2, -0.15) is 0 Å². The third-order valence-electron chi connectivity index (χ3n) is 2.42. The van der Waals surface area contributed by atoms with E-state index in [0.29, 0.717) is 6.54 Å². The van der Waals surface area contributed by atoms with E-state index in [1.54, 1.807) is 20.8 Å². The molecule has 1 amide bonds. The highest BCUT2D eigenvalue weighted by Crippen LogP contribution is 2.21. The maximum atomic E-state index is 11.8.